The third kappa shape index (κ3) is 2.53. The third-order valence-corrected chi connectivity index (χ3v) is 4.03. The van der Waals surface area contributed by atoms with Gasteiger partial charge in [-0.3, -0.25) is 4.98 Å². The van der Waals surface area contributed by atoms with E-state index in [1.807, 2.05) is 24.4 Å². The van der Waals surface area contributed by atoms with E-state index in [9.17, 15) is 5.11 Å². The van der Waals surface area contributed by atoms with Crippen molar-refractivity contribution in [2.45, 2.75) is 12.8 Å². The van der Waals surface area contributed by atoms with Crippen molar-refractivity contribution in [3.63, 3.8) is 0 Å². The molecule has 2 heterocycles. The number of aliphatic hydroxyl groups excluding tert-OH is 1. The lowest BCUT2D eigenvalue weighted by Gasteiger charge is -2.34. The van der Waals surface area contributed by atoms with Crippen molar-refractivity contribution in [1.29, 1.82) is 0 Å². The normalized spacial score (nSPS) is 19.9. The zero-order valence-electron chi connectivity index (χ0n) is 10.7. The topological polar surface area (TPSA) is 36.4 Å². The van der Waals surface area contributed by atoms with Crippen LogP contribution >= 0.6 is 11.6 Å². The molecule has 1 aromatic heterocycles. The molecular weight excluding hydrogens is 260 g/mol. The predicted octanol–water partition coefficient (Wildman–Crippen LogP) is 3.10. The second-order valence-corrected chi connectivity index (χ2v) is 5.56. The molecule has 0 spiro atoms. The Morgan fingerprint density at radius 3 is 3.11 bits per heavy atom. The maximum Gasteiger partial charge on any atom is 0.0737 e. The maximum atomic E-state index is 9.35. The Morgan fingerprint density at radius 2 is 2.26 bits per heavy atom. The summed E-state index contributed by atoms with van der Waals surface area (Å²) in [5.41, 5.74) is 2.12. The standard InChI is InChI=1S/C15H17ClN2O/c16-12-3-4-13-14(8-12)17-6-5-15(13)18-7-1-2-11(9-18)10-19/h3-6,8,11,19H,1-2,7,9-10H2. The number of nitrogens with zero attached hydrogens (tertiary/aromatic N) is 2. The van der Waals surface area contributed by atoms with Gasteiger partial charge in [-0.15, -0.1) is 0 Å². The molecule has 1 N–H and O–H groups in total. The molecule has 0 aliphatic carbocycles. The minimum atomic E-state index is 0.269. The summed E-state index contributed by atoms with van der Waals surface area (Å²) in [4.78, 5) is 6.73. The van der Waals surface area contributed by atoms with Gasteiger partial charge in [-0.25, -0.2) is 0 Å². The van der Waals surface area contributed by atoms with Crippen LogP contribution in [0.15, 0.2) is 30.5 Å². The van der Waals surface area contributed by atoms with Gasteiger partial charge in [0.15, 0.2) is 0 Å². The summed E-state index contributed by atoms with van der Waals surface area (Å²) in [6.07, 6.45) is 4.07. The molecule has 3 rings (SSSR count). The molecule has 0 saturated carbocycles. The Hall–Kier alpha value is -1.32. The smallest absolute Gasteiger partial charge is 0.0737 e. The number of halogens is 1. The largest absolute Gasteiger partial charge is 0.396 e. The SMILES string of the molecule is OCC1CCCN(c2ccnc3cc(Cl)ccc23)C1. The summed E-state index contributed by atoms with van der Waals surface area (Å²) in [5, 5.41) is 11.2. The van der Waals surface area contributed by atoms with E-state index in [0.29, 0.717) is 10.9 Å². The van der Waals surface area contributed by atoms with Crippen molar-refractivity contribution in [3.8, 4) is 0 Å². The molecule has 1 aliphatic rings. The number of hydrogen-bond donors (Lipinski definition) is 1. The number of benzene rings is 1. The summed E-state index contributed by atoms with van der Waals surface area (Å²) in [5.74, 6) is 0.379. The van der Waals surface area contributed by atoms with Gasteiger partial charge in [0.25, 0.3) is 0 Å². The van der Waals surface area contributed by atoms with Crippen molar-refractivity contribution in [2.24, 2.45) is 5.92 Å². The molecule has 0 amide bonds. The molecular formula is C15H17ClN2O. The average Bonchev–Trinajstić information content (AvgIpc) is 2.46. The van der Waals surface area contributed by atoms with Gasteiger partial charge in [0.2, 0.25) is 0 Å². The lowest BCUT2D eigenvalue weighted by molar-refractivity contribution is 0.209. The first-order chi connectivity index (χ1) is 9.28. The zero-order valence-corrected chi connectivity index (χ0v) is 11.5. The average molecular weight is 277 g/mol. The number of piperidine rings is 1. The molecule has 1 fully saturated rings. The van der Waals surface area contributed by atoms with E-state index < -0.39 is 0 Å². The van der Waals surface area contributed by atoms with Crippen LogP contribution in [0, 0.1) is 5.92 Å². The van der Waals surface area contributed by atoms with Crippen LogP contribution in [0.25, 0.3) is 10.9 Å². The minimum absolute atomic E-state index is 0.269. The minimum Gasteiger partial charge on any atom is -0.396 e. The first kappa shape index (κ1) is 12.7. The monoisotopic (exact) mass is 276 g/mol. The summed E-state index contributed by atoms with van der Waals surface area (Å²) in [7, 11) is 0. The molecule has 1 aliphatic heterocycles. The molecule has 4 heteroatoms. The first-order valence-electron chi connectivity index (χ1n) is 6.68. The van der Waals surface area contributed by atoms with E-state index in [-0.39, 0.29) is 6.61 Å². The number of aromatic nitrogens is 1. The van der Waals surface area contributed by atoms with Crippen molar-refractivity contribution in [3.05, 3.63) is 35.5 Å². The van der Waals surface area contributed by atoms with Gasteiger partial charge >= 0.3 is 0 Å². The number of hydrogen-bond acceptors (Lipinski definition) is 3. The highest BCUT2D eigenvalue weighted by molar-refractivity contribution is 6.31. The van der Waals surface area contributed by atoms with Gasteiger partial charge in [0, 0.05) is 42.0 Å². The fourth-order valence-electron chi connectivity index (χ4n) is 2.81. The molecule has 1 atom stereocenters. The maximum absolute atomic E-state index is 9.35. The highest BCUT2D eigenvalue weighted by Gasteiger charge is 2.20. The van der Waals surface area contributed by atoms with Gasteiger partial charge in [0.1, 0.15) is 0 Å². The molecule has 1 unspecified atom stereocenters. The van der Waals surface area contributed by atoms with Crippen LogP contribution in [-0.4, -0.2) is 29.8 Å². The van der Waals surface area contributed by atoms with Crippen LogP contribution in [0.5, 0.6) is 0 Å². The highest BCUT2D eigenvalue weighted by Crippen LogP contribution is 2.30. The van der Waals surface area contributed by atoms with Crippen LogP contribution in [0.4, 0.5) is 5.69 Å². The van der Waals surface area contributed by atoms with E-state index >= 15 is 0 Å². The predicted molar refractivity (Wildman–Crippen MR) is 78.8 cm³/mol. The first-order valence-corrected chi connectivity index (χ1v) is 7.06. The van der Waals surface area contributed by atoms with E-state index in [1.54, 1.807) is 0 Å². The Balaban J connectivity index is 2.00. The Morgan fingerprint density at radius 1 is 1.37 bits per heavy atom. The van der Waals surface area contributed by atoms with E-state index in [4.69, 9.17) is 11.6 Å². The van der Waals surface area contributed by atoms with Gasteiger partial charge in [0.05, 0.1) is 5.52 Å². The Bertz CT molecular complexity index is 587. The molecule has 100 valence electrons. The van der Waals surface area contributed by atoms with E-state index in [1.165, 1.54) is 5.69 Å². The number of rotatable bonds is 2. The quantitative estimate of drug-likeness (QED) is 0.916. The molecule has 19 heavy (non-hydrogen) atoms. The fraction of sp³-hybridized carbons (Fsp3) is 0.400. The second-order valence-electron chi connectivity index (χ2n) is 5.13. The van der Waals surface area contributed by atoms with Crippen molar-refractivity contribution in [2.75, 3.05) is 24.6 Å². The third-order valence-electron chi connectivity index (χ3n) is 3.80. The van der Waals surface area contributed by atoms with E-state index in [2.05, 4.69) is 16.0 Å². The molecule has 1 aromatic carbocycles. The summed E-state index contributed by atoms with van der Waals surface area (Å²) < 4.78 is 0. The van der Waals surface area contributed by atoms with Gasteiger partial charge in [-0.05, 0) is 43.0 Å². The summed E-state index contributed by atoms with van der Waals surface area (Å²) in [6.45, 7) is 2.22. The van der Waals surface area contributed by atoms with Crippen LogP contribution in [0.1, 0.15) is 12.8 Å². The van der Waals surface area contributed by atoms with Crippen molar-refractivity contribution < 1.29 is 5.11 Å². The molecule has 0 bridgehead atoms. The summed E-state index contributed by atoms with van der Waals surface area (Å²) >= 11 is 6.02. The lowest BCUT2D eigenvalue weighted by atomic mass is 9.98. The number of fused-ring (bicyclic) bond motifs is 1. The fourth-order valence-corrected chi connectivity index (χ4v) is 2.98. The van der Waals surface area contributed by atoms with Crippen LogP contribution in [0.3, 0.4) is 0 Å². The molecule has 0 radical (unpaired) electrons. The molecule has 3 nitrogen and oxygen atoms in total. The van der Waals surface area contributed by atoms with Gasteiger partial charge in [-0.2, -0.15) is 0 Å². The lowest BCUT2D eigenvalue weighted by Crippen LogP contribution is -2.36. The molecule has 2 aromatic rings. The number of aliphatic hydroxyl groups is 1. The van der Waals surface area contributed by atoms with Crippen LogP contribution < -0.4 is 4.90 Å². The molecule has 1 saturated heterocycles. The highest BCUT2D eigenvalue weighted by atomic mass is 35.5. The number of anilines is 1. The Kier molecular flexibility index (Phi) is 3.58. The number of pyridine rings is 1. The van der Waals surface area contributed by atoms with Crippen LogP contribution in [-0.2, 0) is 0 Å². The van der Waals surface area contributed by atoms with Crippen molar-refractivity contribution in [1.82, 2.24) is 4.98 Å². The Labute approximate surface area is 117 Å². The van der Waals surface area contributed by atoms with E-state index in [0.717, 1.165) is 36.8 Å². The van der Waals surface area contributed by atoms with Crippen LogP contribution in [0.2, 0.25) is 5.02 Å². The summed E-state index contributed by atoms with van der Waals surface area (Å²) in [6, 6.07) is 7.88. The van der Waals surface area contributed by atoms with Crippen molar-refractivity contribution >= 4 is 28.2 Å². The van der Waals surface area contributed by atoms with Gasteiger partial charge < -0.3 is 10.0 Å². The second kappa shape index (κ2) is 5.35. The zero-order chi connectivity index (χ0) is 13.2. The van der Waals surface area contributed by atoms with Gasteiger partial charge in [-0.1, -0.05) is 11.6 Å².